The van der Waals surface area contributed by atoms with E-state index in [0.717, 1.165) is 5.56 Å². The fraction of sp³-hybridized carbons (Fsp3) is 0.467. The van der Waals surface area contributed by atoms with Gasteiger partial charge in [0.25, 0.3) is 0 Å². The Labute approximate surface area is 113 Å². The minimum atomic E-state index is -0.462. The average Bonchev–Trinajstić information content (AvgIpc) is 2.38. The third kappa shape index (κ3) is 4.39. The molecule has 1 aromatic rings. The molecule has 0 aromatic heterocycles. The van der Waals surface area contributed by atoms with Gasteiger partial charge in [-0.25, -0.2) is 4.79 Å². The summed E-state index contributed by atoms with van der Waals surface area (Å²) >= 11 is 0. The van der Waals surface area contributed by atoms with Crippen molar-refractivity contribution in [3.63, 3.8) is 0 Å². The van der Waals surface area contributed by atoms with Gasteiger partial charge in [-0.15, -0.1) is 0 Å². The largest absolute Gasteiger partial charge is 0.462 e. The molecule has 0 bridgehead atoms. The minimum absolute atomic E-state index is 0.259. The Morgan fingerprint density at radius 3 is 2.53 bits per heavy atom. The van der Waals surface area contributed by atoms with Crippen molar-refractivity contribution >= 4 is 11.9 Å². The molecule has 0 aliphatic rings. The molecule has 0 atom stereocenters. The van der Waals surface area contributed by atoms with Gasteiger partial charge < -0.3 is 9.47 Å². The van der Waals surface area contributed by atoms with E-state index >= 15 is 0 Å². The molecular formula is C15H20O4. The number of benzene rings is 1. The molecule has 0 aliphatic heterocycles. The number of para-hydroxylation sites is 1. The van der Waals surface area contributed by atoms with Gasteiger partial charge in [-0.3, -0.25) is 4.79 Å². The Balaban J connectivity index is 2.96. The van der Waals surface area contributed by atoms with Crippen LogP contribution in [-0.2, 0) is 9.53 Å². The second kappa shape index (κ2) is 6.92. The van der Waals surface area contributed by atoms with Crippen molar-refractivity contribution in [2.75, 3.05) is 6.61 Å². The zero-order chi connectivity index (χ0) is 14.4. The number of carbonyl (C=O) groups excluding carboxylic acids is 2. The fourth-order valence-corrected chi connectivity index (χ4v) is 1.45. The van der Waals surface area contributed by atoms with Crippen LogP contribution >= 0.6 is 0 Å². The van der Waals surface area contributed by atoms with Crippen molar-refractivity contribution in [3.05, 3.63) is 29.3 Å². The van der Waals surface area contributed by atoms with Crippen LogP contribution in [0.2, 0.25) is 0 Å². The molecule has 0 saturated carbocycles. The van der Waals surface area contributed by atoms with Crippen LogP contribution in [0.1, 0.15) is 43.1 Å². The van der Waals surface area contributed by atoms with Gasteiger partial charge in [0.2, 0.25) is 0 Å². The quantitative estimate of drug-likeness (QED) is 0.605. The number of ether oxygens (including phenoxy) is 2. The predicted molar refractivity (Wildman–Crippen MR) is 72.2 cm³/mol. The second-order valence-electron chi connectivity index (χ2n) is 4.77. The van der Waals surface area contributed by atoms with Crippen molar-refractivity contribution in [2.45, 2.75) is 34.1 Å². The first-order valence-electron chi connectivity index (χ1n) is 6.43. The Bertz CT molecular complexity index is 463. The van der Waals surface area contributed by atoms with Crippen LogP contribution in [0.4, 0.5) is 0 Å². The summed E-state index contributed by atoms with van der Waals surface area (Å²) < 4.78 is 10.4. The standard InChI is InChI=1S/C15H20O4/c1-5-13(16)19-14-11(4)7-6-8-12(14)15(17)18-9-10(2)3/h6-8,10H,5,9H2,1-4H3. The SMILES string of the molecule is CCC(=O)Oc1c(C)cccc1C(=O)OCC(C)C. The summed E-state index contributed by atoms with van der Waals surface area (Å²) in [5.41, 5.74) is 1.03. The van der Waals surface area contributed by atoms with Gasteiger partial charge in [-0.05, 0) is 24.5 Å². The molecule has 0 heterocycles. The van der Waals surface area contributed by atoms with E-state index in [4.69, 9.17) is 9.47 Å². The van der Waals surface area contributed by atoms with E-state index in [-0.39, 0.29) is 18.3 Å². The third-order valence-corrected chi connectivity index (χ3v) is 2.48. The highest BCUT2D eigenvalue weighted by Crippen LogP contribution is 2.24. The summed E-state index contributed by atoms with van der Waals surface area (Å²) in [4.78, 5) is 23.4. The molecule has 1 rings (SSSR count). The average molecular weight is 264 g/mol. The van der Waals surface area contributed by atoms with E-state index in [1.807, 2.05) is 13.8 Å². The number of hydrogen-bond acceptors (Lipinski definition) is 4. The molecule has 0 amide bonds. The molecule has 4 heteroatoms. The summed E-state index contributed by atoms with van der Waals surface area (Å²) in [7, 11) is 0. The number of rotatable bonds is 5. The monoisotopic (exact) mass is 264 g/mol. The lowest BCUT2D eigenvalue weighted by Gasteiger charge is -2.12. The Kier molecular flexibility index (Phi) is 5.55. The third-order valence-electron chi connectivity index (χ3n) is 2.48. The van der Waals surface area contributed by atoms with Gasteiger partial charge in [0.1, 0.15) is 11.3 Å². The van der Waals surface area contributed by atoms with Gasteiger partial charge >= 0.3 is 11.9 Å². The van der Waals surface area contributed by atoms with Crippen molar-refractivity contribution in [1.29, 1.82) is 0 Å². The van der Waals surface area contributed by atoms with E-state index in [0.29, 0.717) is 17.9 Å². The highest BCUT2D eigenvalue weighted by Gasteiger charge is 2.18. The van der Waals surface area contributed by atoms with Crippen LogP contribution in [0.3, 0.4) is 0 Å². The summed E-state index contributed by atoms with van der Waals surface area (Å²) in [6, 6.07) is 5.13. The number of carbonyl (C=O) groups is 2. The maximum Gasteiger partial charge on any atom is 0.341 e. The molecule has 0 N–H and O–H groups in total. The van der Waals surface area contributed by atoms with E-state index in [2.05, 4.69) is 0 Å². The lowest BCUT2D eigenvalue weighted by molar-refractivity contribution is -0.134. The molecule has 19 heavy (non-hydrogen) atoms. The van der Waals surface area contributed by atoms with Crippen molar-refractivity contribution < 1.29 is 19.1 Å². The summed E-state index contributed by atoms with van der Waals surface area (Å²) in [5.74, 6) is -0.276. The molecule has 0 aliphatic carbocycles. The summed E-state index contributed by atoms with van der Waals surface area (Å²) in [6.07, 6.45) is 0.259. The molecule has 0 saturated heterocycles. The normalized spacial score (nSPS) is 10.4. The first-order valence-corrected chi connectivity index (χ1v) is 6.43. The molecule has 0 unspecified atom stereocenters. The molecule has 4 nitrogen and oxygen atoms in total. The van der Waals surface area contributed by atoms with Crippen molar-refractivity contribution in [1.82, 2.24) is 0 Å². The highest BCUT2D eigenvalue weighted by atomic mass is 16.5. The molecule has 104 valence electrons. The van der Waals surface area contributed by atoms with Crippen LogP contribution < -0.4 is 4.74 Å². The van der Waals surface area contributed by atoms with E-state index in [1.165, 1.54) is 0 Å². The highest BCUT2D eigenvalue weighted by molar-refractivity contribution is 5.94. The smallest absolute Gasteiger partial charge is 0.341 e. The maximum absolute atomic E-state index is 12.0. The summed E-state index contributed by atoms with van der Waals surface area (Å²) in [6.45, 7) is 7.76. The maximum atomic E-state index is 12.0. The predicted octanol–water partition coefficient (Wildman–Crippen LogP) is 3.12. The first-order chi connectivity index (χ1) is 8.95. The number of hydrogen-bond donors (Lipinski definition) is 0. The molecule has 0 radical (unpaired) electrons. The van der Waals surface area contributed by atoms with Crippen molar-refractivity contribution in [2.24, 2.45) is 5.92 Å². The zero-order valence-corrected chi connectivity index (χ0v) is 11.9. The first kappa shape index (κ1) is 15.2. The lowest BCUT2D eigenvalue weighted by Crippen LogP contribution is -2.14. The Morgan fingerprint density at radius 2 is 1.95 bits per heavy atom. The van der Waals surface area contributed by atoms with Gasteiger partial charge in [-0.1, -0.05) is 32.9 Å². The topological polar surface area (TPSA) is 52.6 Å². The van der Waals surface area contributed by atoms with E-state index in [9.17, 15) is 9.59 Å². The van der Waals surface area contributed by atoms with Gasteiger partial charge in [0, 0.05) is 6.42 Å². The van der Waals surface area contributed by atoms with Gasteiger partial charge in [-0.2, -0.15) is 0 Å². The van der Waals surface area contributed by atoms with Crippen LogP contribution in [0.25, 0.3) is 0 Å². The summed E-state index contributed by atoms with van der Waals surface area (Å²) in [5, 5.41) is 0. The molecule has 0 fully saturated rings. The minimum Gasteiger partial charge on any atom is -0.462 e. The van der Waals surface area contributed by atoms with Gasteiger partial charge in [0.05, 0.1) is 6.61 Å². The Morgan fingerprint density at radius 1 is 1.26 bits per heavy atom. The Hall–Kier alpha value is -1.84. The number of esters is 2. The van der Waals surface area contributed by atoms with Crippen molar-refractivity contribution in [3.8, 4) is 5.75 Å². The van der Waals surface area contributed by atoms with E-state index < -0.39 is 5.97 Å². The lowest BCUT2D eigenvalue weighted by atomic mass is 10.1. The molecule has 1 aromatic carbocycles. The second-order valence-corrected chi connectivity index (χ2v) is 4.77. The van der Waals surface area contributed by atoms with Crippen LogP contribution in [0, 0.1) is 12.8 Å². The number of aryl methyl sites for hydroxylation is 1. The van der Waals surface area contributed by atoms with E-state index in [1.54, 1.807) is 32.0 Å². The van der Waals surface area contributed by atoms with Crippen LogP contribution in [-0.4, -0.2) is 18.5 Å². The van der Waals surface area contributed by atoms with Crippen LogP contribution in [0.5, 0.6) is 5.75 Å². The zero-order valence-electron chi connectivity index (χ0n) is 11.9. The van der Waals surface area contributed by atoms with Gasteiger partial charge in [0.15, 0.2) is 0 Å². The fourth-order valence-electron chi connectivity index (χ4n) is 1.45. The van der Waals surface area contributed by atoms with Crippen LogP contribution in [0.15, 0.2) is 18.2 Å². The molecule has 0 spiro atoms. The molecular weight excluding hydrogens is 244 g/mol.